The number of thiophene rings is 1. The van der Waals surface area contributed by atoms with Gasteiger partial charge >= 0.3 is 0 Å². The van der Waals surface area contributed by atoms with Crippen LogP contribution in [0.3, 0.4) is 0 Å². The zero-order chi connectivity index (χ0) is 14.8. The number of guanidine groups is 1. The number of allylic oxidation sites excluding steroid dienone is 1. The van der Waals surface area contributed by atoms with E-state index in [1.54, 1.807) is 0 Å². The third kappa shape index (κ3) is 6.24. The van der Waals surface area contributed by atoms with Crippen molar-refractivity contribution in [3.63, 3.8) is 0 Å². The molecule has 20 heavy (non-hydrogen) atoms. The second-order valence-electron chi connectivity index (χ2n) is 5.17. The molecule has 0 amide bonds. The molecule has 0 aliphatic heterocycles. The molecule has 4 heteroatoms. The second kappa shape index (κ2) is 9.59. The second-order valence-corrected chi connectivity index (χ2v) is 6.20. The molecule has 0 radical (unpaired) electrons. The van der Waals surface area contributed by atoms with Crippen LogP contribution >= 0.6 is 11.3 Å². The molecule has 0 aliphatic carbocycles. The number of rotatable bonds is 8. The van der Waals surface area contributed by atoms with Crippen LogP contribution in [0.4, 0.5) is 0 Å². The van der Waals surface area contributed by atoms with Crippen molar-refractivity contribution in [3.05, 3.63) is 35.0 Å². The van der Waals surface area contributed by atoms with E-state index in [9.17, 15) is 0 Å². The summed E-state index contributed by atoms with van der Waals surface area (Å²) in [7, 11) is 3.93. The van der Waals surface area contributed by atoms with Gasteiger partial charge in [0.15, 0.2) is 5.96 Å². The van der Waals surface area contributed by atoms with Gasteiger partial charge in [0.2, 0.25) is 0 Å². The predicted octanol–water partition coefficient (Wildman–Crippen LogP) is 3.40. The summed E-state index contributed by atoms with van der Waals surface area (Å²) in [6, 6.07) is 4.32. The van der Waals surface area contributed by atoms with Crippen molar-refractivity contribution in [2.45, 2.75) is 26.2 Å². The number of unbranched alkanes of at least 4 members (excludes halogenated alkanes) is 1. The Kier molecular flexibility index (Phi) is 8.04. The highest BCUT2D eigenvalue weighted by Crippen LogP contribution is 2.13. The van der Waals surface area contributed by atoms with Crippen LogP contribution in [0.2, 0.25) is 0 Å². The average molecular weight is 293 g/mol. The Balaban J connectivity index is 2.31. The molecular formula is C16H27N3S. The summed E-state index contributed by atoms with van der Waals surface area (Å²) < 4.78 is 0. The molecule has 1 unspecified atom stereocenters. The molecular weight excluding hydrogens is 266 g/mol. The van der Waals surface area contributed by atoms with E-state index >= 15 is 0 Å². The van der Waals surface area contributed by atoms with Crippen LogP contribution in [0, 0.1) is 5.92 Å². The highest BCUT2D eigenvalue weighted by Gasteiger charge is 2.08. The number of hydrogen-bond acceptors (Lipinski definition) is 2. The molecule has 0 fully saturated rings. The van der Waals surface area contributed by atoms with Gasteiger partial charge in [-0.2, -0.15) is 0 Å². The lowest BCUT2D eigenvalue weighted by atomic mass is 10.1. The van der Waals surface area contributed by atoms with Crippen molar-refractivity contribution in [1.82, 2.24) is 10.2 Å². The molecule has 0 saturated carbocycles. The number of aliphatic imine (C=N–C) groups is 1. The van der Waals surface area contributed by atoms with Gasteiger partial charge in [0.25, 0.3) is 0 Å². The molecule has 0 aliphatic rings. The lowest BCUT2D eigenvalue weighted by Crippen LogP contribution is -2.41. The summed E-state index contributed by atoms with van der Waals surface area (Å²) in [6.07, 6.45) is 5.26. The normalized spacial score (nSPS) is 13.1. The van der Waals surface area contributed by atoms with Crippen molar-refractivity contribution in [3.8, 4) is 0 Å². The largest absolute Gasteiger partial charge is 0.356 e. The summed E-state index contributed by atoms with van der Waals surface area (Å²) in [5, 5.41) is 5.60. The van der Waals surface area contributed by atoms with Gasteiger partial charge in [-0.3, -0.25) is 4.99 Å². The molecule has 1 aromatic rings. The van der Waals surface area contributed by atoms with Gasteiger partial charge in [-0.15, -0.1) is 17.9 Å². The molecule has 0 aromatic carbocycles. The fraction of sp³-hybridized carbons (Fsp3) is 0.562. The smallest absolute Gasteiger partial charge is 0.193 e. The van der Waals surface area contributed by atoms with Gasteiger partial charge in [0.1, 0.15) is 0 Å². The molecule has 1 rings (SSSR count). The molecule has 0 spiro atoms. The Hall–Kier alpha value is -1.29. The van der Waals surface area contributed by atoms with E-state index < -0.39 is 0 Å². The molecule has 3 nitrogen and oxygen atoms in total. The lowest BCUT2D eigenvalue weighted by Gasteiger charge is -2.23. The first kappa shape index (κ1) is 16.8. The van der Waals surface area contributed by atoms with Crippen molar-refractivity contribution in [2.75, 3.05) is 27.2 Å². The van der Waals surface area contributed by atoms with Gasteiger partial charge in [0, 0.05) is 32.1 Å². The van der Waals surface area contributed by atoms with E-state index in [2.05, 4.69) is 53.3 Å². The number of hydrogen-bond donors (Lipinski definition) is 1. The maximum Gasteiger partial charge on any atom is 0.193 e. The van der Waals surface area contributed by atoms with Crippen LogP contribution in [0.15, 0.2) is 35.2 Å². The van der Waals surface area contributed by atoms with E-state index in [4.69, 9.17) is 0 Å². The van der Waals surface area contributed by atoms with Crippen molar-refractivity contribution in [1.29, 1.82) is 0 Å². The SMILES string of the molecule is C=CCCCN(C)C(=NC)NCC(C)Cc1cccs1. The minimum absolute atomic E-state index is 0.604. The van der Waals surface area contributed by atoms with Crippen LogP contribution in [0.25, 0.3) is 0 Å². The number of nitrogens with zero attached hydrogens (tertiary/aromatic N) is 2. The third-order valence-electron chi connectivity index (χ3n) is 3.21. The topological polar surface area (TPSA) is 27.6 Å². The molecule has 112 valence electrons. The standard InChI is InChI=1S/C16H27N3S/c1-5-6-7-10-19(4)16(17-3)18-13-14(2)12-15-9-8-11-20-15/h5,8-9,11,14H,1,6-7,10,12-13H2,2-4H3,(H,17,18). The molecule has 0 saturated heterocycles. The Morgan fingerprint density at radius 3 is 3.00 bits per heavy atom. The van der Waals surface area contributed by atoms with Crippen LogP contribution in [-0.4, -0.2) is 38.0 Å². The summed E-state index contributed by atoms with van der Waals surface area (Å²) >= 11 is 1.83. The quantitative estimate of drug-likeness (QED) is 0.344. The minimum Gasteiger partial charge on any atom is -0.356 e. The zero-order valence-corrected chi connectivity index (χ0v) is 13.7. The van der Waals surface area contributed by atoms with Crippen LogP contribution in [0.1, 0.15) is 24.6 Å². The monoisotopic (exact) mass is 293 g/mol. The Labute approximate surface area is 127 Å². The number of nitrogens with one attached hydrogen (secondary N) is 1. The van der Waals surface area contributed by atoms with Gasteiger partial charge in [-0.05, 0) is 36.6 Å². The molecule has 0 bridgehead atoms. The first-order valence-corrected chi connectivity index (χ1v) is 8.10. The van der Waals surface area contributed by atoms with Gasteiger partial charge in [-0.1, -0.05) is 19.1 Å². The molecule has 1 heterocycles. The fourth-order valence-corrected chi connectivity index (χ4v) is 2.94. The van der Waals surface area contributed by atoms with E-state index in [1.807, 2.05) is 24.5 Å². The highest BCUT2D eigenvalue weighted by molar-refractivity contribution is 7.09. The van der Waals surface area contributed by atoms with E-state index in [0.29, 0.717) is 5.92 Å². The van der Waals surface area contributed by atoms with Crippen LogP contribution < -0.4 is 5.32 Å². The van der Waals surface area contributed by atoms with Gasteiger partial charge < -0.3 is 10.2 Å². The minimum atomic E-state index is 0.604. The first-order chi connectivity index (χ1) is 9.67. The maximum absolute atomic E-state index is 4.34. The molecule has 1 N–H and O–H groups in total. The van der Waals surface area contributed by atoms with Crippen LogP contribution in [0.5, 0.6) is 0 Å². The lowest BCUT2D eigenvalue weighted by molar-refractivity contribution is 0.457. The Morgan fingerprint density at radius 1 is 1.60 bits per heavy atom. The molecule has 1 atom stereocenters. The highest BCUT2D eigenvalue weighted by atomic mass is 32.1. The Bertz CT molecular complexity index is 398. The van der Waals surface area contributed by atoms with Crippen LogP contribution in [-0.2, 0) is 6.42 Å². The van der Waals surface area contributed by atoms with Gasteiger partial charge in [-0.25, -0.2) is 0 Å². The summed E-state index contributed by atoms with van der Waals surface area (Å²) in [5.74, 6) is 1.58. The van der Waals surface area contributed by atoms with Crippen molar-refractivity contribution in [2.24, 2.45) is 10.9 Å². The first-order valence-electron chi connectivity index (χ1n) is 7.22. The molecule has 1 aromatic heterocycles. The third-order valence-corrected chi connectivity index (χ3v) is 4.11. The summed E-state index contributed by atoms with van der Waals surface area (Å²) in [6.45, 7) is 7.99. The van der Waals surface area contributed by atoms with E-state index in [1.165, 1.54) is 4.88 Å². The predicted molar refractivity (Wildman–Crippen MR) is 90.6 cm³/mol. The average Bonchev–Trinajstić information content (AvgIpc) is 2.92. The Morgan fingerprint density at radius 2 is 2.40 bits per heavy atom. The summed E-state index contributed by atoms with van der Waals surface area (Å²) in [4.78, 5) is 7.98. The summed E-state index contributed by atoms with van der Waals surface area (Å²) in [5.41, 5.74) is 0. The maximum atomic E-state index is 4.34. The van der Waals surface area contributed by atoms with E-state index in [0.717, 1.165) is 38.3 Å². The van der Waals surface area contributed by atoms with Crippen molar-refractivity contribution >= 4 is 17.3 Å². The fourth-order valence-electron chi connectivity index (χ4n) is 2.07. The van der Waals surface area contributed by atoms with Gasteiger partial charge in [0.05, 0.1) is 0 Å². The zero-order valence-electron chi connectivity index (χ0n) is 12.9. The van der Waals surface area contributed by atoms with Crippen molar-refractivity contribution < 1.29 is 0 Å². The van der Waals surface area contributed by atoms with E-state index in [-0.39, 0.29) is 0 Å².